The molecule has 9 heavy (non-hydrogen) atoms. The number of hydrogen-bond acceptors (Lipinski definition) is 3. The molecule has 0 bridgehead atoms. The van der Waals surface area contributed by atoms with E-state index in [2.05, 4.69) is 5.73 Å². The van der Waals surface area contributed by atoms with Gasteiger partial charge in [0.2, 0.25) is 0 Å². The van der Waals surface area contributed by atoms with Crippen molar-refractivity contribution in [2.75, 3.05) is 0 Å². The van der Waals surface area contributed by atoms with Gasteiger partial charge in [-0.2, -0.15) is 10.5 Å². The summed E-state index contributed by atoms with van der Waals surface area (Å²) in [4.78, 5) is 10.1. The molecular weight excluding hydrogens is 118 g/mol. The van der Waals surface area contributed by atoms with Crippen LogP contribution < -0.4 is 5.73 Å². The first-order valence-corrected chi connectivity index (χ1v) is 2.02. The van der Waals surface area contributed by atoms with Crippen LogP contribution in [0.15, 0.2) is 11.6 Å². The fourth-order valence-electron chi connectivity index (χ4n) is 0.223. The molecule has 0 fully saturated rings. The van der Waals surface area contributed by atoms with Crippen molar-refractivity contribution in [2.24, 2.45) is 5.73 Å². The van der Waals surface area contributed by atoms with Crippen molar-refractivity contribution in [2.45, 2.75) is 0 Å². The van der Waals surface area contributed by atoms with Crippen LogP contribution in [0.1, 0.15) is 0 Å². The van der Waals surface area contributed by atoms with E-state index in [1.54, 1.807) is 0 Å². The van der Waals surface area contributed by atoms with E-state index in [4.69, 9.17) is 10.5 Å². The first-order valence-electron chi connectivity index (χ1n) is 2.02. The SMILES string of the molecule is N#CC=C(C#N)C(N)=O. The molecule has 0 rings (SSSR count). The molecule has 0 atom stereocenters. The van der Waals surface area contributed by atoms with E-state index in [0.29, 0.717) is 0 Å². The van der Waals surface area contributed by atoms with Crippen LogP contribution >= 0.6 is 0 Å². The summed E-state index contributed by atoms with van der Waals surface area (Å²) in [7, 11) is 0. The lowest BCUT2D eigenvalue weighted by Gasteiger charge is -1.81. The molecule has 0 radical (unpaired) electrons. The Kier molecular flexibility index (Phi) is 2.58. The minimum atomic E-state index is -0.876. The highest BCUT2D eigenvalue weighted by Gasteiger charge is 1.99. The number of amides is 1. The predicted octanol–water partition coefficient (Wildman–Crippen LogP) is -0.555. The van der Waals surface area contributed by atoms with Gasteiger partial charge in [-0.1, -0.05) is 0 Å². The molecule has 0 saturated carbocycles. The van der Waals surface area contributed by atoms with Crippen molar-refractivity contribution in [3.63, 3.8) is 0 Å². The smallest absolute Gasteiger partial charge is 0.260 e. The van der Waals surface area contributed by atoms with Gasteiger partial charge in [0.1, 0.15) is 11.6 Å². The Bertz CT molecular complexity index is 228. The molecule has 0 aromatic heterocycles. The lowest BCUT2D eigenvalue weighted by molar-refractivity contribution is -0.114. The van der Waals surface area contributed by atoms with Crippen molar-refractivity contribution in [1.82, 2.24) is 0 Å². The van der Waals surface area contributed by atoms with Crippen molar-refractivity contribution >= 4 is 5.91 Å². The Morgan fingerprint density at radius 2 is 2.11 bits per heavy atom. The topological polar surface area (TPSA) is 90.7 Å². The standard InChI is InChI=1S/C5H3N3O/c6-2-1-4(3-7)5(8)9/h1H,(H2,8,9). The Morgan fingerprint density at radius 1 is 1.56 bits per heavy atom. The van der Waals surface area contributed by atoms with Gasteiger partial charge >= 0.3 is 0 Å². The van der Waals surface area contributed by atoms with Crippen molar-refractivity contribution in [3.8, 4) is 12.1 Å². The third-order valence-electron chi connectivity index (χ3n) is 0.595. The molecule has 1 amide bonds. The molecule has 0 heterocycles. The zero-order chi connectivity index (χ0) is 7.28. The first-order chi connectivity index (χ1) is 4.22. The van der Waals surface area contributed by atoms with E-state index in [1.165, 1.54) is 12.1 Å². The molecule has 0 aliphatic rings. The van der Waals surface area contributed by atoms with E-state index in [9.17, 15) is 4.79 Å². The van der Waals surface area contributed by atoms with Gasteiger partial charge < -0.3 is 5.73 Å². The highest BCUT2D eigenvalue weighted by molar-refractivity contribution is 5.96. The third kappa shape index (κ3) is 2.10. The fourth-order valence-corrected chi connectivity index (χ4v) is 0.223. The maximum absolute atomic E-state index is 10.1. The molecule has 0 aromatic rings. The fraction of sp³-hybridized carbons (Fsp3) is 0. The zero-order valence-corrected chi connectivity index (χ0v) is 4.46. The molecule has 0 unspecified atom stereocenters. The number of allylic oxidation sites excluding steroid dienone is 1. The Labute approximate surface area is 51.8 Å². The van der Waals surface area contributed by atoms with E-state index >= 15 is 0 Å². The highest BCUT2D eigenvalue weighted by Crippen LogP contribution is 1.86. The second-order valence-corrected chi connectivity index (χ2v) is 1.16. The van der Waals surface area contributed by atoms with Gasteiger partial charge in [0, 0.05) is 6.08 Å². The van der Waals surface area contributed by atoms with Crippen LogP contribution in [0.2, 0.25) is 0 Å². The zero-order valence-electron chi connectivity index (χ0n) is 4.46. The summed E-state index contributed by atoms with van der Waals surface area (Å²) in [6.07, 6.45) is 0.808. The quantitative estimate of drug-likeness (QED) is 0.372. The number of carbonyl (C=O) groups is 1. The monoisotopic (exact) mass is 121 g/mol. The first kappa shape index (κ1) is 7.19. The van der Waals surface area contributed by atoms with Crippen molar-refractivity contribution in [3.05, 3.63) is 11.6 Å². The lowest BCUT2D eigenvalue weighted by atomic mass is 10.3. The summed E-state index contributed by atoms with van der Waals surface area (Å²) in [6.45, 7) is 0. The van der Waals surface area contributed by atoms with Gasteiger partial charge in [-0.25, -0.2) is 0 Å². The summed E-state index contributed by atoms with van der Waals surface area (Å²) >= 11 is 0. The summed E-state index contributed by atoms with van der Waals surface area (Å²) in [5.74, 6) is -0.876. The molecule has 4 heteroatoms. The number of nitrogens with two attached hydrogens (primary N) is 1. The molecule has 2 N–H and O–H groups in total. The van der Waals surface area contributed by atoms with Crippen LogP contribution in [0.25, 0.3) is 0 Å². The summed E-state index contributed by atoms with van der Waals surface area (Å²) in [5.41, 5.74) is 4.33. The Balaban J connectivity index is 4.45. The minimum Gasteiger partial charge on any atom is -0.365 e. The molecular formula is C5H3N3O. The van der Waals surface area contributed by atoms with Crippen molar-refractivity contribution < 1.29 is 4.79 Å². The number of hydrogen-bond donors (Lipinski definition) is 1. The van der Waals surface area contributed by atoms with Gasteiger partial charge in [0.05, 0.1) is 6.07 Å². The van der Waals surface area contributed by atoms with Gasteiger partial charge in [-0.3, -0.25) is 4.79 Å². The second-order valence-electron chi connectivity index (χ2n) is 1.16. The van der Waals surface area contributed by atoms with Crippen LogP contribution in [0.5, 0.6) is 0 Å². The molecule has 0 spiro atoms. The number of nitriles is 2. The maximum Gasteiger partial charge on any atom is 0.260 e. The molecule has 0 aliphatic heterocycles. The number of primary amides is 1. The average Bonchev–Trinajstić information content (AvgIpc) is 1.82. The van der Waals surface area contributed by atoms with Gasteiger partial charge in [-0.05, 0) is 0 Å². The normalized spacial score (nSPS) is 9.33. The summed E-state index contributed by atoms with van der Waals surface area (Å²) < 4.78 is 0. The molecule has 0 aliphatic carbocycles. The molecule has 4 nitrogen and oxygen atoms in total. The summed E-state index contributed by atoms with van der Waals surface area (Å²) in [6, 6.07) is 2.98. The van der Waals surface area contributed by atoms with Crippen LogP contribution in [0.4, 0.5) is 0 Å². The van der Waals surface area contributed by atoms with Gasteiger partial charge in [0.15, 0.2) is 0 Å². The largest absolute Gasteiger partial charge is 0.365 e. The lowest BCUT2D eigenvalue weighted by Crippen LogP contribution is -2.12. The minimum absolute atomic E-state index is 0.322. The van der Waals surface area contributed by atoms with Crippen LogP contribution in [-0.2, 0) is 4.79 Å². The van der Waals surface area contributed by atoms with Crippen LogP contribution in [0.3, 0.4) is 0 Å². The van der Waals surface area contributed by atoms with Crippen molar-refractivity contribution in [1.29, 1.82) is 10.5 Å². The third-order valence-corrected chi connectivity index (χ3v) is 0.595. The maximum atomic E-state index is 10.1. The number of rotatable bonds is 1. The Morgan fingerprint density at radius 3 is 2.22 bits per heavy atom. The number of carbonyl (C=O) groups excluding carboxylic acids is 1. The number of nitrogens with zero attached hydrogens (tertiary/aromatic N) is 2. The van der Waals surface area contributed by atoms with Gasteiger partial charge in [-0.15, -0.1) is 0 Å². The van der Waals surface area contributed by atoms with E-state index in [0.717, 1.165) is 6.08 Å². The van der Waals surface area contributed by atoms with Crippen LogP contribution in [-0.4, -0.2) is 5.91 Å². The van der Waals surface area contributed by atoms with E-state index in [1.807, 2.05) is 0 Å². The molecule has 0 aromatic carbocycles. The average molecular weight is 121 g/mol. The van der Waals surface area contributed by atoms with E-state index < -0.39 is 5.91 Å². The summed E-state index contributed by atoms with van der Waals surface area (Å²) in [5, 5.41) is 16.0. The second kappa shape index (κ2) is 3.23. The molecule has 0 saturated heterocycles. The van der Waals surface area contributed by atoms with E-state index in [-0.39, 0.29) is 5.57 Å². The van der Waals surface area contributed by atoms with Crippen LogP contribution in [0, 0.1) is 22.7 Å². The van der Waals surface area contributed by atoms with Gasteiger partial charge in [0.25, 0.3) is 5.91 Å². The molecule has 44 valence electrons. The highest BCUT2D eigenvalue weighted by atomic mass is 16.1. The Hall–Kier alpha value is -1.81. The predicted molar refractivity (Wildman–Crippen MR) is 28.5 cm³/mol.